The Balaban J connectivity index is 1.16. The van der Waals surface area contributed by atoms with E-state index >= 15 is 0 Å². The van der Waals surface area contributed by atoms with Gasteiger partial charge in [0.1, 0.15) is 0 Å². The zero-order valence-corrected chi connectivity index (χ0v) is 23.7. The Labute approximate surface area is 236 Å². The molecule has 6 rings (SSSR count). The molecule has 2 saturated heterocycles. The average Bonchev–Trinajstić information content (AvgIpc) is 3.44. The molecule has 3 N–H and O–H groups in total. The van der Waals surface area contributed by atoms with E-state index in [1.54, 1.807) is 0 Å². The van der Waals surface area contributed by atoms with Gasteiger partial charge in [0, 0.05) is 82.3 Å². The van der Waals surface area contributed by atoms with Crippen molar-refractivity contribution < 1.29 is 14.6 Å². The number of anilines is 1. The molecule has 0 radical (unpaired) electrons. The number of methoxy groups -OCH3 is 1. The van der Waals surface area contributed by atoms with Crippen molar-refractivity contribution >= 4 is 17.1 Å². The smallest absolute Gasteiger partial charge is 0.225 e. The number of nitrogens with zero attached hydrogens (tertiary/aromatic N) is 5. The lowest BCUT2D eigenvalue weighted by atomic mass is 9.80. The Morgan fingerprint density at radius 3 is 2.40 bits per heavy atom. The number of amides is 1. The summed E-state index contributed by atoms with van der Waals surface area (Å²) in [6.07, 6.45) is 7.41. The van der Waals surface area contributed by atoms with Gasteiger partial charge in [-0.25, -0.2) is 4.52 Å². The summed E-state index contributed by atoms with van der Waals surface area (Å²) in [7, 11) is 1.81. The highest BCUT2D eigenvalue weighted by molar-refractivity contribution is 5.82. The molecule has 0 bridgehead atoms. The summed E-state index contributed by atoms with van der Waals surface area (Å²) in [6.45, 7) is 7.19. The van der Waals surface area contributed by atoms with Crippen LogP contribution in [0.3, 0.4) is 0 Å². The number of carbonyl (C=O) groups is 1. The van der Waals surface area contributed by atoms with Gasteiger partial charge in [0.05, 0.1) is 23.4 Å². The number of benzene rings is 1. The van der Waals surface area contributed by atoms with Gasteiger partial charge in [-0.15, -0.1) is 0 Å². The highest BCUT2D eigenvalue weighted by Crippen LogP contribution is 2.38. The van der Waals surface area contributed by atoms with Crippen molar-refractivity contribution in [2.24, 2.45) is 11.7 Å². The average molecular weight is 547 g/mol. The lowest BCUT2D eigenvalue weighted by Crippen LogP contribution is -2.53. The predicted molar refractivity (Wildman–Crippen MR) is 156 cm³/mol. The zero-order chi connectivity index (χ0) is 27.9. The molecule has 2 aromatic heterocycles. The van der Waals surface area contributed by atoms with Crippen molar-refractivity contribution in [2.75, 3.05) is 57.9 Å². The normalized spacial score (nSPS) is 24.2. The minimum absolute atomic E-state index is 0.121. The number of hydrogen-bond acceptors (Lipinski definition) is 7. The summed E-state index contributed by atoms with van der Waals surface area (Å²) in [5.41, 5.74) is 11.3. The molecular weight excluding hydrogens is 504 g/mol. The first kappa shape index (κ1) is 27.2. The number of carbonyl (C=O) groups excluding carboxylic acids is 1. The van der Waals surface area contributed by atoms with Crippen molar-refractivity contribution in [2.45, 2.75) is 50.3 Å². The lowest BCUT2D eigenvalue weighted by molar-refractivity contribution is -0.139. The highest BCUT2D eigenvalue weighted by atomic mass is 16.5. The molecule has 1 aromatic carbocycles. The number of ether oxygens (including phenoxy) is 1. The van der Waals surface area contributed by atoms with E-state index in [1.165, 1.54) is 5.56 Å². The largest absolute Gasteiger partial charge is 0.395 e. The first-order valence-electron chi connectivity index (χ1n) is 14.7. The highest BCUT2D eigenvalue weighted by Gasteiger charge is 2.38. The third-order valence-corrected chi connectivity index (χ3v) is 9.57. The summed E-state index contributed by atoms with van der Waals surface area (Å²) < 4.78 is 8.07. The molecule has 9 heteroatoms. The molecule has 40 heavy (non-hydrogen) atoms. The number of aliphatic hydroxyl groups is 1. The number of aliphatic hydroxyl groups excluding tert-OH is 1. The van der Waals surface area contributed by atoms with Crippen LogP contribution in [0, 0.1) is 5.92 Å². The number of likely N-dealkylation sites (tertiary alicyclic amines) is 1. The fourth-order valence-corrected chi connectivity index (χ4v) is 6.73. The molecule has 2 aliphatic heterocycles. The maximum absolute atomic E-state index is 12.8. The monoisotopic (exact) mass is 546 g/mol. The van der Waals surface area contributed by atoms with E-state index in [2.05, 4.69) is 64.4 Å². The summed E-state index contributed by atoms with van der Waals surface area (Å²) in [5, 5.41) is 14.1. The van der Waals surface area contributed by atoms with Crippen LogP contribution in [-0.2, 0) is 15.1 Å². The Bertz CT molecular complexity index is 1320. The van der Waals surface area contributed by atoms with Crippen molar-refractivity contribution in [3.05, 3.63) is 54.4 Å². The quantitative estimate of drug-likeness (QED) is 0.470. The summed E-state index contributed by atoms with van der Waals surface area (Å²) in [6, 6.07) is 13.4. The van der Waals surface area contributed by atoms with Gasteiger partial charge in [-0.05, 0) is 55.9 Å². The van der Waals surface area contributed by atoms with Crippen LogP contribution in [0.4, 0.5) is 5.69 Å². The summed E-state index contributed by atoms with van der Waals surface area (Å²) in [4.78, 5) is 19.5. The molecule has 3 aliphatic rings. The Morgan fingerprint density at radius 1 is 1.07 bits per heavy atom. The third kappa shape index (κ3) is 5.00. The van der Waals surface area contributed by atoms with Crippen molar-refractivity contribution in [1.82, 2.24) is 19.4 Å². The minimum atomic E-state index is -0.293. The standard InChI is InChI=1S/C31H42N6O3/c1-22(21-38)34-11-8-31(40-2,9-12-34)26-5-3-23(4-6-26)25-19-29-28(7-10-33-37(29)20-25)35-13-15-36(16-14-35)30(39)24-17-27(32)18-24/h3-7,10,19-20,22,24,27,38H,8-9,11-18,21,32H2,1-2H3/t22-,24-,27-/m0/s1. The van der Waals surface area contributed by atoms with Crippen molar-refractivity contribution in [3.8, 4) is 11.1 Å². The van der Waals surface area contributed by atoms with E-state index in [-0.39, 0.29) is 36.1 Å². The second-order valence-electron chi connectivity index (χ2n) is 11.9. The van der Waals surface area contributed by atoms with E-state index in [0.29, 0.717) is 0 Å². The van der Waals surface area contributed by atoms with Gasteiger partial charge in [0.15, 0.2) is 0 Å². The second kappa shape index (κ2) is 11.1. The van der Waals surface area contributed by atoms with E-state index < -0.39 is 0 Å². The first-order valence-corrected chi connectivity index (χ1v) is 14.7. The number of hydrogen-bond donors (Lipinski definition) is 2. The minimum Gasteiger partial charge on any atom is -0.395 e. The predicted octanol–water partition coefficient (Wildman–Crippen LogP) is 2.71. The van der Waals surface area contributed by atoms with E-state index in [1.807, 2.05) is 22.7 Å². The van der Waals surface area contributed by atoms with Gasteiger partial charge in [0.25, 0.3) is 0 Å². The molecule has 1 aliphatic carbocycles. The van der Waals surface area contributed by atoms with Crippen LogP contribution in [0.1, 0.15) is 38.2 Å². The van der Waals surface area contributed by atoms with Crippen LogP contribution >= 0.6 is 0 Å². The van der Waals surface area contributed by atoms with Crippen LogP contribution in [0.2, 0.25) is 0 Å². The number of piperazine rings is 1. The van der Waals surface area contributed by atoms with Crippen LogP contribution in [0.25, 0.3) is 16.6 Å². The molecule has 1 amide bonds. The second-order valence-corrected chi connectivity index (χ2v) is 11.9. The van der Waals surface area contributed by atoms with Crippen LogP contribution in [0.5, 0.6) is 0 Å². The van der Waals surface area contributed by atoms with Gasteiger partial charge in [0.2, 0.25) is 5.91 Å². The van der Waals surface area contributed by atoms with Gasteiger partial charge in [-0.1, -0.05) is 24.3 Å². The maximum Gasteiger partial charge on any atom is 0.225 e. The van der Waals surface area contributed by atoms with Crippen LogP contribution in [-0.4, -0.2) is 95.5 Å². The first-order chi connectivity index (χ1) is 19.4. The summed E-state index contributed by atoms with van der Waals surface area (Å²) in [5.74, 6) is 0.394. The fraction of sp³-hybridized carbons (Fsp3) is 0.548. The van der Waals surface area contributed by atoms with Crippen LogP contribution in [0.15, 0.2) is 48.8 Å². The van der Waals surface area contributed by atoms with Crippen molar-refractivity contribution in [3.63, 3.8) is 0 Å². The molecule has 0 spiro atoms. The molecule has 3 aromatic rings. The molecule has 4 heterocycles. The summed E-state index contributed by atoms with van der Waals surface area (Å²) >= 11 is 0. The SMILES string of the molecule is COC1(c2ccc(-c3cc4c(N5CCN(C(=O)[C@H]6C[C@H](N)C6)CC5)ccnn4c3)cc2)CCN([C@@H](C)CO)CC1. The molecule has 0 unspecified atom stereocenters. The molecule has 214 valence electrons. The third-order valence-electron chi connectivity index (χ3n) is 9.57. The Hall–Kier alpha value is -2.98. The van der Waals surface area contributed by atoms with E-state index in [4.69, 9.17) is 10.5 Å². The van der Waals surface area contributed by atoms with Gasteiger partial charge in [-0.3, -0.25) is 9.69 Å². The number of aromatic nitrogens is 2. The fourth-order valence-electron chi connectivity index (χ4n) is 6.73. The molecular formula is C31H42N6O3. The molecule has 1 atom stereocenters. The lowest BCUT2D eigenvalue weighted by Gasteiger charge is -2.43. The number of nitrogens with two attached hydrogens (primary N) is 1. The van der Waals surface area contributed by atoms with Gasteiger partial charge < -0.3 is 25.4 Å². The number of fused-ring (bicyclic) bond motifs is 1. The van der Waals surface area contributed by atoms with E-state index in [0.717, 1.165) is 87.3 Å². The van der Waals surface area contributed by atoms with Crippen LogP contribution < -0.4 is 10.6 Å². The number of rotatable bonds is 7. The maximum atomic E-state index is 12.8. The van der Waals surface area contributed by atoms with Gasteiger partial charge >= 0.3 is 0 Å². The molecule has 3 fully saturated rings. The Kier molecular flexibility index (Phi) is 7.56. The molecule has 1 saturated carbocycles. The topological polar surface area (TPSA) is 99.6 Å². The van der Waals surface area contributed by atoms with E-state index in [9.17, 15) is 9.90 Å². The molecule has 9 nitrogen and oxygen atoms in total. The number of piperidine rings is 1. The zero-order valence-electron chi connectivity index (χ0n) is 23.7. The van der Waals surface area contributed by atoms with Crippen molar-refractivity contribution in [1.29, 1.82) is 0 Å². The Morgan fingerprint density at radius 2 is 1.77 bits per heavy atom. The van der Waals surface area contributed by atoms with Gasteiger partial charge in [-0.2, -0.15) is 5.10 Å².